The average molecular weight is 351 g/mol. The first kappa shape index (κ1) is 17.7. The van der Waals surface area contributed by atoms with Crippen LogP contribution in [0, 0.1) is 0 Å². The van der Waals surface area contributed by atoms with E-state index in [1.807, 2.05) is 6.07 Å². The van der Waals surface area contributed by atoms with E-state index in [4.69, 9.17) is 0 Å². The SMILES string of the molecule is O=C(NCC(=O)N1CCCC1)c1ccc(NC(=O)c2ccccc2)cc1. The van der Waals surface area contributed by atoms with Crippen LogP contribution in [0.5, 0.6) is 0 Å². The summed E-state index contributed by atoms with van der Waals surface area (Å²) in [7, 11) is 0. The van der Waals surface area contributed by atoms with Crippen LogP contribution in [0.25, 0.3) is 0 Å². The molecule has 2 N–H and O–H groups in total. The minimum Gasteiger partial charge on any atom is -0.343 e. The summed E-state index contributed by atoms with van der Waals surface area (Å²) in [6.07, 6.45) is 2.05. The maximum absolute atomic E-state index is 12.1. The summed E-state index contributed by atoms with van der Waals surface area (Å²) in [5, 5.41) is 5.42. The number of hydrogen-bond acceptors (Lipinski definition) is 3. The molecule has 3 amide bonds. The van der Waals surface area contributed by atoms with Crippen molar-refractivity contribution in [2.75, 3.05) is 25.0 Å². The lowest BCUT2D eigenvalue weighted by Crippen LogP contribution is -2.38. The monoisotopic (exact) mass is 351 g/mol. The molecular formula is C20H21N3O3. The van der Waals surface area contributed by atoms with Crippen LogP contribution < -0.4 is 10.6 Å². The standard InChI is InChI=1S/C20H21N3O3/c24-18(23-12-4-5-13-23)14-21-19(25)16-8-10-17(11-9-16)22-20(26)15-6-2-1-3-7-15/h1-3,6-11H,4-5,12-14H2,(H,21,25)(H,22,26). The second-order valence-corrected chi connectivity index (χ2v) is 6.17. The van der Waals surface area contributed by atoms with Crippen molar-refractivity contribution in [3.8, 4) is 0 Å². The van der Waals surface area contributed by atoms with Gasteiger partial charge in [-0.1, -0.05) is 18.2 Å². The van der Waals surface area contributed by atoms with Crippen LogP contribution in [-0.4, -0.2) is 42.3 Å². The predicted octanol–water partition coefficient (Wildman–Crippen LogP) is 2.29. The van der Waals surface area contributed by atoms with Gasteiger partial charge in [-0.3, -0.25) is 14.4 Å². The lowest BCUT2D eigenvalue weighted by Gasteiger charge is -2.15. The third-order valence-electron chi connectivity index (χ3n) is 4.30. The molecule has 1 saturated heterocycles. The van der Waals surface area contributed by atoms with Gasteiger partial charge in [0.1, 0.15) is 0 Å². The number of amides is 3. The zero-order chi connectivity index (χ0) is 18.4. The normalized spacial score (nSPS) is 13.3. The number of likely N-dealkylation sites (tertiary alicyclic amines) is 1. The first-order valence-electron chi connectivity index (χ1n) is 8.66. The summed E-state index contributed by atoms with van der Waals surface area (Å²) in [6.45, 7) is 1.54. The Labute approximate surface area is 152 Å². The van der Waals surface area contributed by atoms with E-state index in [1.165, 1.54) is 0 Å². The Balaban J connectivity index is 1.52. The summed E-state index contributed by atoms with van der Waals surface area (Å²) >= 11 is 0. The first-order chi connectivity index (χ1) is 12.6. The molecule has 1 aliphatic heterocycles. The van der Waals surface area contributed by atoms with E-state index in [0.717, 1.165) is 25.9 Å². The number of nitrogens with one attached hydrogen (secondary N) is 2. The van der Waals surface area contributed by atoms with Crippen LogP contribution in [0.15, 0.2) is 54.6 Å². The number of rotatable bonds is 5. The van der Waals surface area contributed by atoms with Gasteiger partial charge in [0.2, 0.25) is 5.91 Å². The van der Waals surface area contributed by atoms with E-state index >= 15 is 0 Å². The van der Waals surface area contributed by atoms with Crippen LogP contribution >= 0.6 is 0 Å². The van der Waals surface area contributed by atoms with Crippen LogP contribution in [0.4, 0.5) is 5.69 Å². The molecule has 0 aliphatic carbocycles. The molecule has 0 unspecified atom stereocenters. The molecule has 26 heavy (non-hydrogen) atoms. The van der Waals surface area contributed by atoms with Crippen molar-refractivity contribution < 1.29 is 14.4 Å². The highest BCUT2D eigenvalue weighted by molar-refractivity contribution is 6.04. The lowest BCUT2D eigenvalue weighted by atomic mass is 10.1. The first-order valence-corrected chi connectivity index (χ1v) is 8.66. The average Bonchev–Trinajstić information content (AvgIpc) is 3.22. The quantitative estimate of drug-likeness (QED) is 0.867. The molecule has 0 saturated carbocycles. The van der Waals surface area contributed by atoms with E-state index < -0.39 is 0 Å². The number of hydrogen-bond donors (Lipinski definition) is 2. The van der Waals surface area contributed by atoms with Crippen molar-refractivity contribution in [1.29, 1.82) is 0 Å². The Morgan fingerprint density at radius 3 is 2.08 bits per heavy atom. The Morgan fingerprint density at radius 1 is 0.808 bits per heavy atom. The molecular weight excluding hydrogens is 330 g/mol. The van der Waals surface area contributed by atoms with Crippen molar-refractivity contribution in [3.63, 3.8) is 0 Å². The van der Waals surface area contributed by atoms with Gasteiger partial charge in [0, 0.05) is 29.9 Å². The maximum Gasteiger partial charge on any atom is 0.255 e. The zero-order valence-electron chi connectivity index (χ0n) is 14.4. The summed E-state index contributed by atoms with van der Waals surface area (Å²) in [5.74, 6) is -0.569. The van der Waals surface area contributed by atoms with Gasteiger partial charge in [0.15, 0.2) is 0 Å². The second-order valence-electron chi connectivity index (χ2n) is 6.17. The van der Waals surface area contributed by atoms with E-state index in [2.05, 4.69) is 10.6 Å². The number of benzene rings is 2. The Kier molecular flexibility index (Phi) is 5.63. The van der Waals surface area contributed by atoms with Crippen molar-refractivity contribution in [2.24, 2.45) is 0 Å². The summed E-state index contributed by atoms with van der Waals surface area (Å²) < 4.78 is 0. The molecule has 134 valence electrons. The summed E-state index contributed by atoms with van der Waals surface area (Å²) in [6, 6.07) is 15.5. The highest BCUT2D eigenvalue weighted by Crippen LogP contribution is 2.12. The van der Waals surface area contributed by atoms with E-state index in [0.29, 0.717) is 16.8 Å². The fourth-order valence-electron chi connectivity index (χ4n) is 2.83. The van der Waals surface area contributed by atoms with Crippen LogP contribution in [-0.2, 0) is 4.79 Å². The van der Waals surface area contributed by atoms with E-state index in [9.17, 15) is 14.4 Å². The molecule has 6 heteroatoms. The van der Waals surface area contributed by atoms with Gasteiger partial charge in [-0.15, -0.1) is 0 Å². The fraction of sp³-hybridized carbons (Fsp3) is 0.250. The van der Waals surface area contributed by atoms with Gasteiger partial charge in [0.25, 0.3) is 11.8 Å². The minimum atomic E-state index is -0.307. The molecule has 0 spiro atoms. The highest BCUT2D eigenvalue weighted by Gasteiger charge is 2.18. The number of anilines is 1. The molecule has 6 nitrogen and oxygen atoms in total. The Hall–Kier alpha value is -3.15. The third-order valence-corrected chi connectivity index (χ3v) is 4.30. The van der Waals surface area contributed by atoms with Gasteiger partial charge < -0.3 is 15.5 Å². The minimum absolute atomic E-state index is 0.00529. The molecule has 0 atom stereocenters. The van der Waals surface area contributed by atoms with Crippen molar-refractivity contribution in [3.05, 3.63) is 65.7 Å². The predicted molar refractivity (Wildman–Crippen MR) is 99.0 cm³/mol. The number of carbonyl (C=O) groups excluding carboxylic acids is 3. The largest absolute Gasteiger partial charge is 0.343 e. The molecule has 2 aromatic rings. The van der Waals surface area contributed by atoms with Gasteiger partial charge in [-0.2, -0.15) is 0 Å². The molecule has 0 bridgehead atoms. The topological polar surface area (TPSA) is 78.5 Å². The summed E-state index contributed by atoms with van der Waals surface area (Å²) in [5.41, 5.74) is 1.61. The Morgan fingerprint density at radius 2 is 1.42 bits per heavy atom. The van der Waals surface area contributed by atoms with Gasteiger partial charge in [-0.25, -0.2) is 0 Å². The van der Waals surface area contributed by atoms with Crippen LogP contribution in [0.1, 0.15) is 33.6 Å². The van der Waals surface area contributed by atoms with Crippen LogP contribution in [0.2, 0.25) is 0 Å². The van der Waals surface area contributed by atoms with Crippen molar-refractivity contribution in [1.82, 2.24) is 10.2 Å². The lowest BCUT2D eigenvalue weighted by molar-refractivity contribution is -0.129. The second kappa shape index (κ2) is 8.29. The molecule has 1 aliphatic rings. The Bertz CT molecular complexity index is 782. The molecule has 1 heterocycles. The van der Waals surface area contributed by atoms with E-state index in [1.54, 1.807) is 53.4 Å². The fourth-order valence-corrected chi connectivity index (χ4v) is 2.83. The molecule has 0 radical (unpaired) electrons. The van der Waals surface area contributed by atoms with Gasteiger partial charge >= 0.3 is 0 Å². The number of carbonyl (C=O) groups is 3. The van der Waals surface area contributed by atoms with Crippen LogP contribution in [0.3, 0.4) is 0 Å². The third kappa shape index (κ3) is 4.47. The molecule has 0 aromatic heterocycles. The zero-order valence-corrected chi connectivity index (χ0v) is 14.4. The maximum atomic E-state index is 12.1. The molecule has 3 rings (SSSR count). The molecule has 1 fully saturated rings. The summed E-state index contributed by atoms with van der Waals surface area (Å²) in [4.78, 5) is 38.0. The highest BCUT2D eigenvalue weighted by atomic mass is 16.2. The van der Waals surface area contributed by atoms with Gasteiger partial charge in [-0.05, 0) is 49.2 Å². The smallest absolute Gasteiger partial charge is 0.255 e. The van der Waals surface area contributed by atoms with Crippen molar-refractivity contribution in [2.45, 2.75) is 12.8 Å². The molecule has 2 aromatic carbocycles. The van der Waals surface area contributed by atoms with Crippen molar-refractivity contribution >= 4 is 23.4 Å². The van der Waals surface area contributed by atoms with E-state index in [-0.39, 0.29) is 24.3 Å². The van der Waals surface area contributed by atoms with Gasteiger partial charge in [0.05, 0.1) is 6.54 Å². The number of nitrogens with zero attached hydrogens (tertiary/aromatic N) is 1.